The monoisotopic (exact) mass is 168 g/mol. The zero-order valence-electron chi connectivity index (χ0n) is 4.31. The largest absolute Gasteiger partial charge is 0.270 e. The summed E-state index contributed by atoms with van der Waals surface area (Å²) >= 11 is 0. The number of halogens is 1. The second-order valence-corrected chi connectivity index (χ2v) is 2.82. The third-order valence-electron chi connectivity index (χ3n) is 0.618. The van der Waals surface area contributed by atoms with Gasteiger partial charge >= 0.3 is 0 Å². The molecule has 0 aromatic heterocycles. The first kappa shape index (κ1) is 8.45. The topological polar surface area (TPSA) is 58.5 Å². The maximum Gasteiger partial charge on any atom is 0.257 e. The predicted octanol–water partition coefficient (Wildman–Crippen LogP) is -0.159. The molecule has 1 aliphatic heterocycles. The summed E-state index contributed by atoms with van der Waals surface area (Å²) in [5.41, 5.74) is 0. The molecule has 6 heteroatoms. The molecule has 9 heavy (non-hydrogen) atoms. The molecule has 0 amide bonds. The van der Waals surface area contributed by atoms with Crippen LogP contribution in [0.15, 0.2) is 16.6 Å². The number of rotatable bonds is 0. The molecule has 1 rings (SSSR count). The van der Waals surface area contributed by atoms with Crippen LogP contribution in [0, 0.1) is 0 Å². The average Bonchev–Trinajstić information content (AvgIpc) is 1.65. The number of sulfonamides is 1. The number of hydrogen-bond acceptors (Lipinski definition) is 3. The fourth-order valence-electron chi connectivity index (χ4n) is 0.301. The Labute approximate surface area is 59.1 Å². The summed E-state index contributed by atoms with van der Waals surface area (Å²) < 4.78 is 22.8. The Hall–Kier alpha value is -0.550. The highest BCUT2D eigenvalue weighted by Gasteiger charge is 2.01. The van der Waals surface area contributed by atoms with E-state index in [9.17, 15) is 8.42 Å². The molecule has 52 valence electrons. The van der Waals surface area contributed by atoms with Crippen LogP contribution >= 0.6 is 12.4 Å². The van der Waals surface area contributed by atoms with Gasteiger partial charge in [-0.05, 0) is 0 Å². The Bertz CT molecular complexity index is 230. The van der Waals surface area contributed by atoms with Gasteiger partial charge in [0.2, 0.25) is 0 Å². The number of nitrogens with one attached hydrogen (secondary N) is 1. The second kappa shape index (κ2) is 2.84. The fourth-order valence-corrected chi connectivity index (χ4v) is 0.818. The minimum atomic E-state index is -3.16. The average molecular weight is 169 g/mol. The van der Waals surface area contributed by atoms with E-state index in [-0.39, 0.29) is 12.4 Å². The van der Waals surface area contributed by atoms with Gasteiger partial charge < -0.3 is 0 Å². The SMILES string of the molecule is Cl.O=S1(=O)C=CN=CN1. The minimum Gasteiger partial charge on any atom is -0.270 e. The summed E-state index contributed by atoms with van der Waals surface area (Å²) in [7, 11) is -3.16. The van der Waals surface area contributed by atoms with Crippen molar-refractivity contribution in [1.29, 1.82) is 0 Å². The molecular formula is C3H5ClN2O2S. The van der Waals surface area contributed by atoms with Gasteiger partial charge in [-0.1, -0.05) is 0 Å². The summed E-state index contributed by atoms with van der Waals surface area (Å²) in [5.74, 6) is 0. The van der Waals surface area contributed by atoms with Gasteiger partial charge in [-0.25, -0.2) is 13.4 Å². The van der Waals surface area contributed by atoms with Gasteiger partial charge in [-0.2, -0.15) is 0 Å². The van der Waals surface area contributed by atoms with E-state index in [0.29, 0.717) is 0 Å². The molecule has 0 bridgehead atoms. The molecule has 0 saturated heterocycles. The molecule has 1 heterocycles. The van der Waals surface area contributed by atoms with Crippen LogP contribution in [0.3, 0.4) is 0 Å². The molecule has 0 saturated carbocycles. The third kappa shape index (κ3) is 2.48. The van der Waals surface area contributed by atoms with Crippen molar-refractivity contribution >= 4 is 28.8 Å². The lowest BCUT2D eigenvalue weighted by molar-refractivity contribution is 0.601. The first-order chi connectivity index (χ1) is 3.71. The van der Waals surface area contributed by atoms with Gasteiger partial charge in [0.15, 0.2) is 0 Å². The molecule has 0 aromatic carbocycles. The van der Waals surface area contributed by atoms with Gasteiger partial charge in [0.05, 0.1) is 5.41 Å². The lowest BCUT2D eigenvalue weighted by Gasteiger charge is -1.97. The van der Waals surface area contributed by atoms with Crippen LogP contribution in [0.4, 0.5) is 0 Å². The first-order valence-corrected chi connectivity index (χ1v) is 3.46. The Balaban J connectivity index is 0.000000640. The van der Waals surface area contributed by atoms with Crippen molar-refractivity contribution in [2.75, 3.05) is 0 Å². The highest BCUT2D eigenvalue weighted by Crippen LogP contribution is 1.89. The van der Waals surface area contributed by atoms with Crippen LogP contribution in [-0.4, -0.2) is 14.8 Å². The Morgan fingerprint density at radius 2 is 2.11 bits per heavy atom. The smallest absolute Gasteiger partial charge is 0.257 e. The Morgan fingerprint density at radius 3 is 2.33 bits per heavy atom. The van der Waals surface area contributed by atoms with Crippen LogP contribution in [-0.2, 0) is 10.0 Å². The van der Waals surface area contributed by atoms with Crippen molar-refractivity contribution in [2.45, 2.75) is 0 Å². The van der Waals surface area contributed by atoms with E-state index in [2.05, 4.69) is 9.71 Å². The van der Waals surface area contributed by atoms with Gasteiger partial charge in [0, 0.05) is 6.20 Å². The molecule has 0 aliphatic carbocycles. The molecular weight excluding hydrogens is 164 g/mol. The quantitative estimate of drug-likeness (QED) is 0.547. The third-order valence-corrected chi connectivity index (χ3v) is 1.53. The zero-order valence-corrected chi connectivity index (χ0v) is 5.95. The zero-order chi connectivity index (χ0) is 6.04. The van der Waals surface area contributed by atoms with Crippen LogP contribution in [0.2, 0.25) is 0 Å². The normalized spacial score (nSPS) is 20.0. The molecule has 0 aromatic rings. The van der Waals surface area contributed by atoms with Crippen LogP contribution in [0.5, 0.6) is 0 Å². The van der Waals surface area contributed by atoms with E-state index in [0.717, 1.165) is 11.7 Å². The molecule has 0 radical (unpaired) electrons. The molecule has 0 spiro atoms. The van der Waals surface area contributed by atoms with E-state index < -0.39 is 10.0 Å². The van der Waals surface area contributed by atoms with E-state index >= 15 is 0 Å². The van der Waals surface area contributed by atoms with E-state index in [1.165, 1.54) is 6.20 Å². The lowest BCUT2D eigenvalue weighted by Crippen LogP contribution is -2.20. The number of hydrogen-bond donors (Lipinski definition) is 1. The van der Waals surface area contributed by atoms with Crippen molar-refractivity contribution in [2.24, 2.45) is 4.99 Å². The summed E-state index contributed by atoms with van der Waals surface area (Å²) in [6.45, 7) is 0. The maximum atomic E-state index is 10.4. The van der Waals surface area contributed by atoms with Crippen molar-refractivity contribution in [3.8, 4) is 0 Å². The summed E-state index contributed by atoms with van der Waals surface area (Å²) in [4.78, 5) is 3.48. The molecule has 4 nitrogen and oxygen atoms in total. The summed E-state index contributed by atoms with van der Waals surface area (Å²) in [6, 6.07) is 0. The van der Waals surface area contributed by atoms with E-state index in [1.807, 2.05) is 0 Å². The van der Waals surface area contributed by atoms with Crippen LogP contribution in [0.1, 0.15) is 0 Å². The Kier molecular flexibility index (Phi) is 2.66. The van der Waals surface area contributed by atoms with Crippen LogP contribution in [0.25, 0.3) is 0 Å². The maximum absolute atomic E-state index is 10.4. The van der Waals surface area contributed by atoms with Crippen molar-refractivity contribution < 1.29 is 8.42 Å². The van der Waals surface area contributed by atoms with Gasteiger partial charge in [-0.3, -0.25) is 4.72 Å². The molecule has 0 fully saturated rings. The first-order valence-electron chi connectivity index (χ1n) is 1.91. The van der Waals surface area contributed by atoms with Crippen molar-refractivity contribution in [3.05, 3.63) is 11.6 Å². The molecule has 0 atom stereocenters. The standard InChI is InChI=1S/C3H4N2O2S.ClH/c6-8(7)2-1-4-3-5-8;/h1-3H,(H,4,5);1H. The van der Waals surface area contributed by atoms with Gasteiger partial charge in [-0.15, -0.1) is 12.4 Å². The van der Waals surface area contributed by atoms with Gasteiger partial charge in [0.1, 0.15) is 6.34 Å². The van der Waals surface area contributed by atoms with Gasteiger partial charge in [0.25, 0.3) is 10.0 Å². The fraction of sp³-hybridized carbons (Fsp3) is 0. The number of nitrogens with zero attached hydrogens (tertiary/aromatic N) is 1. The predicted molar refractivity (Wildman–Crippen MR) is 36.9 cm³/mol. The highest BCUT2D eigenvalue weighted by atomic mass is 35.5. The van der Waals surface area contributed by atoms with E-state index in [4.69, 9.17) is 0 Å². The van der Waals surface area contributed by atoms with Crippen LogP contribution < -0.4 is 4.72 Å². The summed E-state index contributed by atoms with van der Waals surface area (Å²) in [5, 5.41) is 0.993. The molecule has 1 aliphatic rings. The summed E-state index contributed by atoms with van der Waals surface area (Å²) in [6.07, 6.45) is 2.33. The highest BCUT2D eigenvalue weighted by molar-refractivity contribution is 7.92. The van der Waals surface area contributed by atoms with Crippen molar-refractivity contribution in [1.82, 2.24) is 4.72 Å². The van der Waals surface area contributed by atoms with E-state index in [1.54, 1.807) is 0 Å². The molecule has 1 N–H and O–H groups in total. The molecule has 0 unspecified atom stereocenters. The van der Waals surface area contributed by atoms with Crippen molar-refractivity contribution in [3.63, 3.8) is 0 Å². The second-order valence-electron chi connectivity index (χ2n) is 1.23. The Morgan fingerprint density at radius 1 is 1.44 bits per heavy atom. The minimum absolute atomic E-state index is 0. The lowest BCUT2D eigenvalue weighted by atomic mass is 11.0. The number of aliphatic imine (C=N–C) groups is 1.